The van der Waals surface area contributed by atoms with Gasteiger partial charge in [-0.15, -0.1) is 0 Å². The number of hydrogen-bond donors (Lipinski definition) is 0. The Labute approximate surface area is 165 Å². The molecule has 0 saturated carbocycles. The molecule has 0 N–H and O–H groups in total. The predicted molar refractivity (Wildman–Crippen MR) is 117 cm³/mol. The molecule has 0 spiro atoms. The predicted octanol–water partition coefficient (Wildman–Crippen LogP) is 7.70. The van der Waals surface area contributed by atoms with Gasteiger partial charge in [-0.25, -0.2) is 0 Å². The molecule has 0 fully saturated rings. The van der Waals surface area contributed by atoms with Gasteiger partial charge in [0.05, 0.1) is 0 Å². The van der Waals surface area contributed by atoms with E-state index in [2.05, 4.69) is 43.0 Å². The van der Waals surface area contributed by atoms with Crippen molar-refractivity contribution in [3.05, 3.63) is 12.4 Å². The van der Waals surface area contributed by atoms with E-state index in [0.29, 0.717) is 6.17 Å². The first-order valence-corrected chi connectivity index (χ1v) is 12.0. The van der Waals surface area contributed by atoms with Gasteiger partial charge in [-0.2, -0.15) is 0 Å². The lowest BCUT2D eigenvalue weighted by molar-refractivity contribution is 0.142. The summed E-state index contributed by atoms with van der Waals surface area (Å²) in [7, 11) is 0. The van der Waals surface area contributed by atoms with Gasteiger partial charge in [-0.3, -0.25) is 0 Å². The van der Waals surface area contributed by atoms with Crippen molar-refractivity contribution in [3.63, 3.8) is 0 Å². The van der Waals surface area contributed by atoms with Crippen molar-refractivity contribution in [1.82, 2.24) is 9.80 Å². The smallest absolute Gasteiger partial charge is 0.101 e. The molecule has 2 heteroatoms. The van der Waals surface area contributed by atoms with Gasteiger partial charge in [-0.05, 0) is 26.2 Å². The summed E-state index contributed by atoms with van der Waals surface area (Å²) in [6.45, 7) is 9.28. The summed E-state index contributed by atoms with van der Waals surface area (Å²) in [5, 5.41) is 0. The first kappa shape index (κ1) is 23.4. The van der Waals surface area contributed by atoms with Gasteiger partial charge >= 0.3 is 0 Å². The molecule has 1 aliphatic rings. The van der Waals surface area contributed by atoms with Crippen LogP contribution < -0.4 is 0 Å². The molecule has 1 rings (SSSR count). The molecule has 26 heavy (non-hydrogen) atoms. The van der Waals surface area contributed by atoms with E-state index < -0.39 is 0 Å². The van der Waals surface area contributed by atoms with Gasteiger partial charge in [0, 0.05) is 25.5 Å². The van der Waals surface area contributed by atoms with Crippen LogP contribution in [-0.4, -0.2) is 29.1 Å². The second-order valence-electron chi connectivity index (χ2n) is 8.23. The minimum absolute atomic E-state index is 0.639. The van der Waals surface area contributed by atoms with E-state index in [1.54, 1.807) is 0 Å². The zero-order valence-electron chi connectivity index (χ0n) is 18.4. The quantitative estimate of drug-likeness (QED) is 0.230. The lowest BCUT2D eigenvalue weighted by atomic mass is 10.0. The Bertz CT molecular complexity index is 326. The van der Waals surface area contributed by atoms with Crippen molar-refractivity contribution in [3.8, 4) is 0 Å². The van der Waals surface area contributed by atoms with Gasteiger partial charge in [0.1, 0.15) is 6.17 Å². The Hall–Kier alpha value is -0.660. The molecular weight excluding hydrogens is 316 g/mol. The molecule has 0 radical (unpaired) electrons. The van der Waals surface area contributed by atoms with Crippen LogP contribution in [0.4, 0.5) is 0 Å². The highest BCUT2D eigenvalue weighted by atomic mass is 15.4. The standard InChI is InChI=1S/C24H48N2/c1-4-7-9-11-12-13-14-15-16-18-20-24-25(6-3)22-23-26(24)21-19-17-10-8-5-2/h22-24H,4-21H2,1-3H3. The fourth-order valence-electron chi connectivity index (χ4n) is 4.14. The van der Waals surface area contributed by atoms with E-state index in [0.717, 1.165) is 6.54 Å². The SMILES string of the molecule is CCCCCCCCCCCCC1N(CC)C=CN1CCCCCCC. The van der Waals surface area contributed by atoms with Crippen molar-refractivity contribution in [2.75, 3.05) is 13.1 Å². The molecule has 0 aromatic rings. The van der Waals surface area contributed by atoms with Crippen molar-refractivity contribution >= 4 is 0 Å². The summed E-state index contributed by atoms with van der Waals surface area (Å²) >= 11 is 0. The van der Waals surface area contributed by atoms with Crippen LogP contribution in [0.1, 0.15) is 124 Å². The second-order valence-corrected chi connectivity index (χ2v) is 8.23. The van der Waals surface area contributed by atoms with Gasteiger partial charge in [-0.1, -0.05) is 97.3 Å². The first-order valence-electron chi connectivity index (χ1n) is 12.0. The van der Waals surface area contributed by atoms with Crippen molar-refractivity contribution < 1.29 is 0 Å². The molecule has 1 aliphatic heterocycles. The Morgan fingerprint density at radius 3 is 1.54 bits per heavy atom. The highest BCUT2D eigenvalue weighted by Gasteiger charge is 2.23. The lowest BCUT2D eigenvalue weighted by Gasteiger charge is -2.32. The van der Waals surface area contributed by atoms with E-state index in [4.69, 9.17) is 0 Å². The summed E-state index contributed by atoms with van der Waals surface area (Å²) in [4.78, 5) is 5.16. The number of nitrogens with zero attached hydrogens (tertiary/aromatic N) is 2. The molecule has 0 aliphatic carbocycles. The molecule has 0 bridgehead atoms. The topological polar surface area (TPSA) is 6.48 Å². The van der Waals surface area contributed by atoms with Crippen molar-refractivity contribution in [2.24, 2.45) is 0 Å². The molecule has 0 saturated heterocycles. The monoisotopic (exact) mass is 364 g/mol. The van der Waals surface area contributed by atoms with Gasteiger partial charge in [0.25, 0.3) is 0 Å². The summed E-state index contributed by atoms with van der Waals surface area (Å²) in [6, 6.07) is 0. The van der Waals surface area contributed by atoms with Crippen molar-refractivity contribution in [2.45, 2.75) is 130 Å². The average molecular weight is 365 g/mol. The Morgan fingerprint density at radius 2 is 1.00 bits per heavy atom. The zero-order chi connectivity index (χ0) is 18.9. The molecule has 1 unspecified atom stereocenters. The van der Waals surface area contributed by atoms with Crippen LogP contribution in [0, 0.1) is 0 Å². The minimum Gasteiger partial charge on any atom is -0.356 e. The van der Waals surface area contributed by atoms with E-state index >= 15 is 0 Å². The molecule has 0 aromatic carbocycles. The average Bonchev–Trinajstić information content (AvgIpc) is 3.05. The third kappa shape index (κ3) is 10.5. The molecule has 2 nitrogen and oxygen atoms in total. The largest absolute Gasteiger partial charge is 0.356 e. The van der Waals surface area contributed by atoms with E-state index in [1.165, 1.54) is 109 Å². The maximum atomic E-state index is 2.61. The number of rotatable bonds is 18. The minimum atomic E-state index is 0.639. The third-order valence-corrected chi connectivity index (χ3v) is 5.92. The highest BCUT2D eigenvalue weighted by Crippen LogP contribution is 2.22. The fourth-order valence-corrected chi connectivity index (χ4v) is 4.14. The number of unbranched alkanes of at least 4 members (excludes halogenated alkanes) is 13. The van der Waals surface area contributed by atoms with Gasteiger partial charge in [0.2, 0.25) is 0 Å². The van der Waals surface area contributed by atoms with Crippen molar-refractivity contribution in [1.29, 1.82) is 0 Å². The lowest BCUT2D eigenvalue weighted by Crippen LogP contribution is -2.38. The Kier molecular flexibility index (Phi) is 14.8. The highest BCUT2D eigenvalue weighted by molar-refractivity contribution is 4.96. The van der Waals surface area contributed by atoms with Crippen LogP contribution in [0.15, 0.2) is 12.4 Å². The summed E-state index contributed by atoms with van der Waals surface area (Å²) in [5.74, 6) is 0. The maximum absolute atomic E-state index is 2.61. The van der Waals surface area contributed by atoms with E-state index in [9.17, 15) is 0 Å². The van der Waals surface area contributed by atoms with E-state index in [1.807, 2.05) is 0 Å². The van der Waals surface area contributed by atoms with Crippen LogP contribution in [0.5, 0.6) is 0 Å². The molecule has 0 amide bonds. The number of hydrogen-bond acceptors (Lipinski definition) is 2. The zero-order valence-corrected chi connectivity index (χ0v) is 18.4. The molecule has 154 valence electrons. The summed E-state index contributed by atoms with van der Waals surface area (Å²) < 4.78 is 0. The fraction of sp³-hybridized carbons (Fsp3) is 0.917. The van der Waals surface area contributed by atoms with Gasteiger partial charge < -0.3 is 9.80 Å². The molecule has 1 atom stereocenters. The summed E-state index contributed by atoms with van der Waals surface area (Å²) in [5.41, 5.74) is 0. The molecular formula is C24H48N2. The summed E-state index contributed by atoms with van der Waals surface area (Å²) in [6.07, 6.45) is 27.9. The molecule has 0 aromatic heterocycles. The van der Waals surface area contributed by atoms with Crippen LogP contribution >= 0.6 is 0 Å². The van der Waals surface area contributed by atoms with Crippen LogP contribution in [0.2, 0.25) is 0 Å². The van der Waals surface area contributed by atoms with Gasteiger partial charge in [0.15, 0.2) is 0 Å². The van der Waals surface area contributed by atoms with Crippen LogP contribution in [0.3, 0.4) is 0 Å². The van der Waals surface area contributed by atoms with Crippen LogP contribution in [-0.2, 0) is 0 Å². The van der Waals surface area contributed by atoms with Crippen LogP contribution in [0.25, 0.3) is 0 Å². The molecule has 1 heterocycles. The second kappa shape index (κ2) is 16.5. The Balaban J connectivity index is 2.07. The third-order valence-electron chi connectivity index (χ3n) is 5.92. The Morgan fingerprint density at radius 1 is 0.538 bits per heavy atom. The normalized spacial score (nSPS) is 16.8. The maximum Gasteiger partial charge on any atom is 0.101 e. The van der Waals surface area contributed by atoms with E-state index in [-0.39, 0.29) is 0 Å². The first-order chi connectivity index (χ1) is 12.8.